The van der Waals surface area contributed by atoms with Crippen LogP contribution in [0.3, 0.4) is 0 Å². The van der Waals surface area contributed by atoms with Crippen LogP contribution in [0.15, 0.2) is 0 Å². The number of amides is 1. The van der Waals surface area contributed by atoms with E-state index >= 15 is 0 Å². The molecular formula is C10H18N2O3. The molecule has 0 aromatic heterocycles. The zero-order valence-electron chi connectivity index (χ0n) is 8.95. The van der Waals surface area contributed by atoms with Crippen molar-refractivity contribution in [1.82, 2.24) is 10.6 Å². The molecule has 0 bridgehead atoms. The summed E-state index contributed by atoms with van der Waals surface area (Å²) in [5.41, 5.74) is 0. The lowest BCUT2D eigenvalue weighted by atomic mass is 9.98. The Bertz CT molecular complexity index is 237. The van der Waals surface area contributed by atoms with Crippen molar-refractivity contribution in [3.05, 3.63) is 0 Å². The van der Waals surface area contributed by atoms with Crippen LogP contribution in [-0.2, 0) is 9.59 Å². The topological polar surface area (TPSA) is 78.4 Å². The third-order valence-corrected chi connectivity index (χ3v) is 2.69. The fourth-order valence-corrected chi connectivity index (χ4v) is 1.70. The molecule has 1 fully saturated rings. The van der Waals surface area contributed by atoms with Gasteiger partial charge in [-0.2, -0.15) is 0 Å². The number of hydrogen-bond donors (Lipinski definition) is 3. The lowest BCUT2D eigenvalue weighted by Crippen LogP contribution is -2.47. The predicted octanol–water partition coefficient (Wildman–Crippen LogP) is -0.0346. The highest BCUT2D eigenvalue weighted by Crippen LogP contribution is 2.10. The first-order valence-electron chi connectivity index (χ1n) is 5.39. The van der Waals surface area contributed by atoms with Crippen molar-refractivity contribution in [2.75, 3.05) is 13.1 Å². The number of carbonyl (C=O) groups excluding carboxylic acids is 1. The normalized spacial score (nSPS) is 23.1. The largest absolute Gasteiger partial charge is 0.480 e. The van der Waals surface area contributed by atoms with Crippen LogP contribution in [0.2, 0.25) is 0 Å². The number of rotatable bonds is 4. The number of carboxylic acid groups (broad SMARTS) is 1. The zero-order chi connectivity index (χ0) is 11.3. The standard InChI is InChI=1S/C10H18N2O3/c1-2-8(10(14)15)12-9(13)7-4-3-5-11-6-7/h7-8,11H,2-6H2,1H3,(H,12,13)(H,14,15)/t7-,8?/m1/s1. The van der Waals surface area contributed by atoms with E-state index in [2.05, 4.69) is 10.6 Å². The molecule has 2 atom stereocenters. The van der Waals surface area contributed by atoms with Crippen LogP contribution in [0.4, 0.5) is 0 Å². The summed E-state index contributed by atoms with van der Waals surface area (Å²) in [7, 11) is 0. The van der Waals surface area contributed by atoms with E-state index in [1.54, 1.807) is 6.92 Å². The van der Waals surface area contributed by atoms with Crippen LogP contribution in [0.1, 0.15) is 26.2 Å². The van der Waals surface area contributed by atoms with E-state index in [-0.39, 0.29) is 11.8 Å². The zero-order valence-corrected chi connectivity index (χ0v) is 8.95. The number of aliphatic carboxylic acids is 1. The van der Waals surface area contributed by atoms with Crippen molar-refractivity contribution in [2.24, 2.45) is 5.92 Å². The number of carboxylic acids is 1. The van der Waals surface area contributed by atoms with Gasteiger partial charge < -0.3 is 15.7 Å². The molecule has 0 aromatic carbocycles. The van der Waals surface area contributed by atoms with Gasteiger partial charge in [-0.3, -0.25) is 4.79 Å². The number of carbonyl (C=O) groups is 2. The molecule has 1 heterocycles. The van der Waals surface area contributed by atoms with Crippen LogP contribution in [0, 0.1) is 5.92 Å². The average molecular weight is 214 g/mol. The van der Waals surface area contributed by atoms with Crippen molar-refractivity contribution < 1.29 is 14.7 Å². The maximum absolute atomic E-state index is 11.7. The molecule has 1 rings (SSSR count). The van der Waals surface area contributed by atoms with Crippen LogP contribution in [0.25, 0.3) is 0 Å². The van der Waals surface area contributed by atoms with Gasteiger partial charge in [0.1, 0.15) is 6.04 Å². The van der Waals surface area contributed by atoms with E-state index in [0.717, 1.165) is 19.4 Å². The number of hydrogen-bond acceptors (Lipinski definition) is 3. The third kappa shape index (κ3) is 3.51. The molecule has 1 saturated heterocycles. The van der Waals surface area contributed by atoms with Crippen LogP contribution < -0.4 is 10.6 Å². The average Bonchev–Trinajstić information content (AvgIpc) is 2.26. The fraction of sp³-hybridized carbons (Fsp3) is 0.800. The minimum Gasteiger partial charge on any atom is -0.480 e. The van der Waals surface area contributed by atoms with Gasteiger partial charge in [0.15, 0.2) is 0 Å². The lowest BCUT2D eigenvalue weighted by molar-refractivity contribution is -0.142. The summed E-state index contributed by atoms with van der Waals surface area (Å²) in [6, 6.07) is -0.751. The molecule has 0 aromatic rings. The Morgan fingerprint density at radius 3 is 2.80 bits per heavy atom. The molecule has 1 aliphatic heterocycles. The van der Waals surface area contributed by atoms with Gasteiger partial charge in [0.2, 0.25) is 5.91 Å². The lowest BCUT2D eigenvalue weighted by Gasteiger charge is -2.23. The van der Waals surface area contributed by atoms with Gasteiger partial charge in [-0.15, -0.1) is 0 Å². The second-order valence-electron chi connectivity index (χ2n) is 3.85. The maximum atomic E-state index is 11.7. The summed E-state index contributed by atoms with van der Waals surface area (Å²) in [6.45, 7) is 3.35. The molecule has 3 N–H and O–H groups in total. The Morgan fingerprint density at radius 1 is 1.60 bits per heavy atom. The molecule has 5 heteroatoms. The SMILES string of the molecule is CCC(NC(=O)[C@@H]1CCCNC1)C(=O)O. The Kier molecular flexibility index (Phi) is 4.55. The van der Waals surface area contributed by atoms with Gasteiger partial charge >= 0.3 is 5.97 Å². The molecule has 1 unspecified atom stereocenters. The molecule has 0 saturated carbocycles. The Balaban J connectivity index is 2.42. The highest BCUT2D eigenvalue weighted by Gasteiger charge is 2.25. The summed E-state index contributed by atoms with van der Waals surface area (Å²) in [4.78, 5) is 22.4. The van der Waals surface area contributed by atoms with Gasteiger partial charge in [-0.25, -0.2) is 4.79 Å². The second-order valence-corrected chi connectivity index (χ2v) is 3.85. The van der Waals surface area contributed by atoms with E-state index < -0.39 is 12.0 Å². The van der Waals surface area contributed by atoms with E-state index in [9.17, 15) is 9.59 Å². The Labute approximate surface area is 89.2 Å². The third-order valence-electron chi connectivity index (χ3n) is 2.69. The van der Waals surface area contributed by atoms with E-state index in [0.29, 0.717) is 13.0 Å². The fourth-order valence-electron chi connectivity index (χ4n) is 1.70. The maximum Gasteiger partial charge on any atom is 0.326 e. The summed E-state index contributed by atoms with van der Waals surface area (Å²) < 4.78 is 0. The monoisotopic (exact) mass is 214 g/mol. The molecule has 1 amide bonds. The summed E-state index contributed by atoms with van der Waals surface area (Å²) in [5, 5.41) is 14.5. The first kappa shape index (κ1) is 12.0. The van der Waals surface area contributed by atoms with Crippen molar-refractivity contribution in [2.45, 2.75) is 32.2 Å². The van der Waals surface area contributed by atoms with Gasteiger partial charge in [0, 0.05) is 6.54 Å². The molecule has 15 heavy (non-hydrogen) atoms. The highest BCUT2D eigenvalue weighted by molar-refractivity contribution is 5.85. The Morgan fingerprint density at radius 2 is 2.33 bits per heavy atom. The van der Waals surface area contributed by atoms with Crippen molar-refractivity contribution >= 4 is 11.9 Å². The number of piperidine rings is 1. The minimum atomic E-state index is -0.963. The van der Waals surface area contributed by atoms with E-state index in [4.69, 9.17) is 5.11 Å². The summed E-state index contributed by atoms with van der Waals surface area (Å²) in [5.74, 6) is -1.18. The van der Waals surface area contributed by atoms with Crippen LogP contribution >= 0.6 is 0 Å². The molecular weight excluding hydrogens is 196 g/mol. The molecule has 5 nitrogen and oxygen atoms in total. The first-order chi connectivity index (χ1) is 7.15. The number of nitrogens with one attached hydrogen (secondary N) is 2. The Hall–Kier alpha value is -1.10. The molecule has 0 radical (unpaired) electrons. The van der Waals surface area contributed by atoms with Crippen LogP contribution in [0.5, 0.6) is 0 Å². The molecule has 1 aliphatic rings. The van der Waals surface area contributed by atoms with Gasteiger partial charge in [-0.1, -0.05) is 6.92 Å². The smallest absolute Gasteiger partial charge is 0.326 e. The molecule has 86 valence electrons. The summed E-state index contributed by atoms with van der Waals surface area (Å²) >= 11 is 0. The van der Waals surface area contributed by atoms with Crippen molar-refractivity contribution in [1.29, 1.82) is 0 Å². The quantitative estimate of drug-likeness (QED) is 0.614. The van der Waals surface area contributed by atoms with Crippen molar-refractivity contribution in [3.8, 4) is 0 Å². The van der Waals surface area contributed by atoms with E-state index in [1.807, 2.05) is 0 Å². The summed E-state index contributed by atoms with van der Waals surface area (Å²) in [6.07, 6.45) is 2.23. The second kappa shape index (κ2) is 5.70. The van der Waals surface area contributed by atoms with Crippen LogP contribution in [-0.4, -0.2) is 36.1 Å². The molecule has 0 spiro atoms. The van der Waals surface area contributed by atoms with Gasteiger partial charge in [-0.05, 0) is 25.8 Å². The highest BCUT2D eigenvalue weighted by atomic mass is 16.4. The predicted molar refractivity (Wildman–Crippen MR) is 55.5 cm³/mol. The minimum absolute atomic E-state index is 0.0767. The van der Waals surface area contributed by atoms with Gasteiger partial charge in [0.05, 0.1) is 5.92 Å². The molecule has 0 aliphatic carbocycles. The van der Waals surface area contributed by atoms with Crippen molar-refractivity contribution in [3.63, 3.8) is 0 Å². The first-order valence-corrected chi connectivity index (χ1v) is 5.39. The van der Waals surface area contributed by atoms with Gasteiger partial charge in [0.25, 0.3) is 0 Å². The van der Waals surface area contributed by atoms with E-state index in [1.165, 1.54) is 0 Å².